The highest BCUT2D eigenvalue weighted by Crippen LogP contribution is 2.32. The van der Waals surface area contributed by atoms with E-state index in [4.69, 9.17) is 9.47 Å². The fraction of sp³-hybridized carbons (Fsp3) is 0.600. The number of rotatable bonds is 4. The maximum absolute atomic E-state index is 6.18. The van der Waals surface area contributed by atoms with E-state index in [9.17, 15) is 0 Å². The van der Waals surface area contributed by atoms with Gasteiger partial charge in [0.15, 0.2) is 0 Å². The quantitative estimate of drug-likeness (QED) is 0.759. The molecular formula is C15H21BrO2. The molecule has 1 saturated carbocycles. The molecule has 1 fully saturated rings. The first kappa shape index (κ1) is 13.7. The van der Waals surface area contributed by atoms with Gasteiger partial charge in [-0.05, 0) is 31.2 Å². The van der Waals surface area contributed by atoms with Gasteiger partial charge in [-0.15, -0.1) is 0 Å². The lowest BCUT2D eigenvalue weighted by Crippen LogP contribution is -2.24. The van der Waals surface area contributed by atoms with Crippen molar-refractivity contribution in [2.45, 2.75) is 44.0 Å². The van der Waals surface area contributed by atoms with Crippen molar-refractivity contribution in [3.63, 3.8) is 0 Å². The van der Waals surface area contributed by atoms with Crippen LogP contribution in [0.25, 0.3) is 0 Å². The van der Waals surface area contributed by atoms with Crippen molar-refractivity contribution in [2.24, 2.45) is 5.92 Å². The molecule has 2 rings (SSSR count). The lowest BCUT2D eigenvalue weighted by Gasteiger charge is -2.28. The molecule has 2 unspecified atom stereocenters. The molecule has 3 heteroatoms. The highest BCUT2D eigenvalue weighted by molar-refractivity contribution is 9.08. The van der Waals surface area contributed by atoms with Crippen LogP contribution in [0.2, 0.25) is 0 Å². The molecule has 1 aliphatic rings. The molecule has 0 amide bonds. The second-order valence-corrected chi connectivity index (χ2v) is 5.68. The van der Waals surface area contributed by atoms with Crippen molar-refractivity contribution in [3.8, 4) is 11.5 Å². The maximum Gasteiger partial charge on any atom is 0.127 e. The van der Waals surface area contributed by atoms with Crippen molar-refractivity contribution >= 4 is 15.9 Å². The zero-order valence-electron chi connectivity index (χ0n) is 11.1. The normalized spacial score (nSPS) is 23.7. The van der Waals surface area contributed by atoms with Crippen LogP contribution in [0.15, 0.2) is 18.2 Å². The summed E-state index contributed by atoms with van der Waals surface area (Å²) in [6.07, 6.45) is 5.31. The molecule has 18 heavy (non-hydrogen) atoms. The second kappa shape index (κ2) is 6.46. The third-order valence-electron chi connectivity index (χ3n) is 3.60. The van der Waals surface area contributed by atoms with Gasteiger partial charge in [0.1, 0.15) is 11.5 Å². The molecule has 0 saturated heterocycles. The molecule has 0 N–H and O–H groups in total. The summed E-state index contributed by atoms with van der Waals surface area (Å²) < 4.78 is 11.4. The van der Waals surface area contributed by atoms with Crippen LogP contribution in [0.3, 0.4) is 0 Å². The monoisotopic (exact) mass is 312 g/mol. The Morgan fingerprint density at radius 2 is 2.17 bits per heavy atom. The average Bonchev–Trinajstić information content (AvgIpc) is 2.38. The summed E-state index contributed by atoms with van der Waals surface area (Å²) in [6, 6.07) is 6.04. The number of methoxy groups -OCH3 is 1. The van der Waals surface area contributed by atoms with E-state index in [1.807, 2.05) is 12.1 Å². The molecule has 2 nitrogen and oxygen atoms in total. The lowest BCUT2D eigenvalue weighted by molar-refractivity contribution is 0.128. The summed E-state index contributed by atoms with van der Waals surface area (Å²) in [6.45, 7) is 2.31. The van der Waals surface area contributed by atoms with Gasteiger partial charge >= 0.3 is 0 Å². The molecule has 100 valence electrons. The van der Waals surface area contributed by atoms with Crippen molar-refractivity contribution in [2.75, 3.05) is 7.11 Å². The van der Waals surface area contributed by atoms with Crippen LogP contribution in [-0.4, -0.2) is 13.2 Å². The first-order chi connectivity index (χ1) is 8.72. The first-order valence-corrected chi connectivity index (χ1v) is 7.74. The second-order valence-electron chi connectivity index (χ2n) is 5.12. The Kier molecular flexibility index (Phi) is 4.93. The summed E-state index contributed by atoms with van der Waals surface area (Å²) in [5.74, 6) is 2.60. The van der Waals surface area contributed by atoms with E-state index in [0.29, 0.717) is 6.10 Å². The van der Waals surface area contributed by atoms with Crippen LogP contribution < -0.4 is 9.47 Å². The number of alkyl halides is 1. The average molecular weight is 313 g/mol. The van der Waals surface area contributed by atoms with Gasteiger partial charge in [0.25, 0.3) is 0 Å². The summed E-state index contributed by atoms with van der Waals surface area (Å²) in [5.41, 5.74) is 1.19. The Hall–Kier alpha value is -0.700. The fourth-order valence-corrected chi connectivity index (χ4v) is 3.01. The van der Waals surface area contributed by atoms with E-state index in [-0.39, 0.29) is 0 Å². The molecule has 0 bridgehead atoms. The molecular weight excluding hydrogens is 292 g/mol. The van der Waals surface area contributed by atoms with Crippen LogP contribution >= 0.6 is 15.9 Å². The molecule has 0 spiro atoms. The molecule has 0 aromatic heterocycles. The smallest absolute Gasteiger partial charge is 0.127 e. The maximum atomic E-state index is 6.18. The molecule has 0 aliphatic heterocycles. The largest absolute Gasteiger partial charge is 0.497 e. The minimum Gasteiger partial charge on any atom is -0.497 e. The minimum atomic E-state index is 0.360. The van der Waals surface area contributed by atoms with Gasteiger partial charge in [-0.25, -0.2) is 0 Å². The highest BCUT2D eigenvalue weighted by Gasteiger charge is 2.21. The number of benzene rings is 1. The SMILES string of the molecule is COc1ccc(CBr)c(OC2CCCC(C)C2)c1. The molecule has 0 heterocycles. The first-order valence-electron chi connectivity index (χ1n) is 6.62. The number of hydrogen-bond donors (Lipinski definition) is 0. The summed E-state index contributed by atoms with van der Waals surface area (Å²) >= 11 is 3.51. The molecule has 1 aromatic carbocycles. The van der Waals surface area contributed by atoms with E-state index >= 15 is 0 Å². The van der Waals surface area contributed by atoms with Gasteiger partial charge in [-0.2, -0.15) is 0 Å². The van der Waals surface area contributed by atoms with Crippen LogP contribution in [0.5, 0.6) is 11.5 Å². The number of hydrogen-bond acceptors (Lipinski definition) is 2. The highest BCUT2D eigenvalue weighted by atomic mass is 79.9. The third-order valence-corrected chi connectivity index (χ3v) is 4.20. The predicted molar refractivity (Wildman–Crippen MR) is 77.7 cm³/mol. The van der Waals surface area contributed by atoms with Crippen molar-refractivity contribution in [1.29, 1.82) is 0 Å². The molecule has 1 aromatic rings. The Bertz CT molecular complexity index is 392. The van der Waals surface area contributed by atoms with Gasteiger partial charge < -0.3 is 9.47 Å². The van der Waals surface area contributed by atoms with Crippen molar-refractivity contribution in [3.05, 3.63) is 23.8 Å². The minimum absolute atomic E-state index is 0.360. The zero-order chi connectivity index (χ0) is 13.0. The van der Waals surface area contributed by atoms with Crippen molar-refractivity contribution in [1.82, 2.24) is 0 Å². The van der Waals surface area contributed by atoms with E-state index in [1.165, 1.54) is 31.2 Å². The molecule has 0 radical (unpaired) electrons. The van der Waals surface area contributed by atoms with Crippen LogP contribution in [0, 0.1) is 5.92 Å². The lowest BCUT2D eigenvalue weighted by atomic mass is 9.88. The zero-order valence-corrected chi connectivity index (χ0v) is 12.7. The fourth-order valence-electron chi connectivity index (χ4n) is 2.55. The summed E-state index contributed by atoms with van der Waals surface area (Å²) in [7, 11) is 1.69. The Morgan fingerprint density at radius 1 is 1.33 bits per heavy atom. The van der Waals surface area contributed by atoms with E-state index in [0.717, 1.165) is 22.7 Å². The van der Waals surface area contributed by atoms with E-state index in [2.05, 4.69) is 28.9 Å². The van der Waals surface area contributed by atoms with Gasteiger partial charge in [0.05, 0.1) is 13.2 Å². The van der Waals surface area contributed by atoms with Crippen LogP contribution in [-0.2, 0) is 5.33 Å². The Balaban J connectivity index is 2.11. The predicted octanol–water partition coefficient (Wildman–Crippen LogP) is 4.55. The van der Waals surface area contributed by atoms with Gasteiger partial charge in [0, 0.05) is 17.0 Å². The molecule has 1 aliphatic carbocycles. The summed E-state index contributed by atoms with van der Waals surface area (Å²) in [5, 5.41) is 0.814. The topological polar surface area (TPSA) is 18.5 Å². The van der Waals surface area contributed by atoms with Gasteiger partial charge in [-0.3, -0.25) is 0 Å². The van der Waals surface area contributed by atoms with Crippen molar-refractivity contribution < 1.29 is 9.47 Å². The van der Waals surface area contributed by atoms with Gasteiger partial charge in [0.2, 0.25) is 0 Å². The van der Waals surface area contributed by atoms with Crippen LogP contribution in [0.1, 0.15) is 38.2 Å². The number of ether oxygens (including phenoxy) is 2. The van der Waals surface area contributed by atoms with E-state index in [1.54, 1.807) is 7.11 Å². The van der Waals surface area contributed by atoms with E-state index < -0.39 is 0 Å². The number of halogens is 1. The van der Waals surface area contributed by atoms with Crippen LogP contribution in [0.4, 0.5) is 0 Å². The Morgan fingerprint density at radius 3 is 2.83 bits per heavy atom. The standard InChI is InChI=1S/C15H21BrO2/c1-11-4-3-5-14(8-11)18-15-9-13(17-2)7-6-12(15)10-16/h6-7,9,11,14H,3-5,8,10H2,1-2H3. The Labute approximate surface area is 118 Å². The summed E-state index contributed by atoms with van der Waals surface area (Å²) in [4.78, 5) is 0. The third kappa shape index (κ3) is 3.41. The van der Waals surface area contributed by atoms with Gasteiger partial charge in [-0.1, -0.05) is 35.3 Å². The molecule has 2 atom stereocenters.